The lowest BCUT2D eigenvalue weighted by atomic mass is 10.3. The van der Waals surface area contributed by atoms with Crippen LogP contribution in [0.25, 0.3) is 5.52 Å². The van der Waals surface area contributed by atoms with E-state index in [4.69, 9.17) is 5.11 Å². The Morgan fingerprint density at radius 3 is 3.08 bits per heavy atom. The quantitative estimate of drug-likeness (QED) is 0.661. The molecule has 0 aromatic carbocycles. The van der Waals surface area contributed by atoms with Gasteiger partial charge in [-0.15, -0.1) is 0 Å². The fourth-order valence-corrected chi connectivity index (χ4v) is 0.978. The van der Waals surface area contributed by atoms with Crippen LogP contribution >= 0.6 is 0 Å². The summed E-state index contributed by atoms with van der Waals surface area (Å²) >= 11 is 0. The van der Waals surface area contributed by atoms with Crippen LogP contribution in [0.4, 0.5) is 0 Å². The Morgan fingerprint density at radius 1 is 1.58 bits per heavy atom. The molecule has 2 aromatic heterocycles. The minimum Gasteiger partial charge on any atom is -0.478 e. The minimum atomic E-state index is -0.958. The zero-order chi connectivity index (χ0) is 8.55. The molecule has 0 radical (unpaired) electrons. The van der Waals surface area contributed by atoms with Gasteiger partial charge in [0.05, 0.1) is 17.3 Å². The van der Waals surface area contributed by atoms with Crippen LogP contribution in [0.15, 0.2) is 24.8 Å². The number of carbonyl (C=O) groups is 1. The highest BCUT2D eigenvalue weighted by atomic mass is 16.4. The Hall–Kier alpha value is -1.91. The first-order chi connectivity index (χ1) is 5.77. The van der Waals surface area contributed by atoms with Gasteiger partial charge in [-0.1, -0.05) is 0 Å². The number of carboxylic acid groups (broad SMARTS) is 1. The fraction of sp³-hybridized carbons (Fsp3) is 0. The van der Waals surface area contributed by atoms with Crippen molar-refractivity contribution >= 4 is 11.5 Å². The number of nitrogens with zero attached hydrogens (tertiary/aromatic N) is 3. The van der Waals surface area contributed by atoms with Crippen molar-refractivity contribution < 1.29 is 9.90 Å². The van der Waals surface area contributed by atoms with E-state index in [-0.39, 0.29) is 5.56 Å². The highest BCUT2D eigenvalue weighted by molar-refractivity contribution is 5.89. The van der Waals surface area contributed by atoms with E-state index >= 15 is 0 Å². The van der Waals surface area contributed by atoms with Gasteiger partial charge >= 0.3 is 5.97 Å². The maximum absolute atomic E-state index is 10.5. The third-order valence-corrected chi connectivity index (χ3v) is 1.53. The smallest absolute Gasteiger partial charge is 0.337 e. The Bertz CT molecular complexity index is 402. The highest BCUT2D eigenvalue weighted by Gasteiger charge is 2.05. The number of carboxylic acids is 1. The van der Waals surface area contributed by atoms with Crippen LogP contribution in [0.2, 0.25) is 0 Å². The average molecular weight is 163 g/mol. The van der Waals surface area contributed by atoms with Gasteiger partial charge < -0.3 is 5.11 Å². The van der Waals surface area contributed by atoms with Gasteiger partial charge in [0.15, 0.2) is 0 Å². The molecule has 5 nitrogen and oxygen atoms in total. The third kappa shape index (κ3) is 0.914. The molecule has 0 fully saturated rings. The number of hydrogen-bond acceptors (Lipinski definition) is 3. The molecule has 1 N–H and O–H groups in total. The normalized spacial score (nSPS) is 10.3. The van der Waals surface area contributed by atoms with E-state index in [2.05, 4.69) is 10.1 Å². The summed E-state index contributed by atoms with van der Waals surface area (Å²) < 4.78 is 1.47. The Morgan fingerprint density at radius 2 is 2.42 bits per heavy atom. The van der Waals surface area contributed by atoms with Crippen molar-refractivity contribution in [2.75, 3.05) is 0 Å². The van der Waals surface area contributed by atoms with Gasteiger partial charge in [-0.25, -0.2) is 14.3 Å². The molecule has 12 heavy (non-hydrogen) atoms. The standard InChI is InChI=1S/C7H5N3O2/c11-7(12)5-1-6-2-8-4-9-10(6)3-5/h1-4H,(H,11,12). The van der Waals surface area contributed by atoms with E-state index in [0.717, 1.165) is 0 Å². The molecular weight excluding hydrogens is 158 g/mol. The second-order valence-electron chi connectivity index (χ2n) is 2.31. The number of aromatic nitrogens is 3. The van der Waals surface area contributed by atoms with Gasteiger partial charge in [-0.05, 0) is 6.07 Å². The number of aromatic carboxylic acids is 1. The van der Waals surface area contributed by atoms with E-state index < -0.39 is 5.97 Å². The Kier molecular flexibility index (Phi) is 1.30. The van der Waals surface area contributed by atoms with Gasteiger partial charge in [0, 0.05) is 6.20 Å². The summed E-state index contributed by atoms with van der Waals surface area (Å²) in [7, 11) is 0. The summed E-state index contributed by atoms with van der Waals surface area (Å²) in [5, 5.41) is 12.5. The second kappa shape index (κ2) is 2.30. The highest BCUT2D eigenvalue weighted by Crippen LogP contribution is 2.05. The minimum absolute atomic E-state index is 0.218. The molecule has 0 spiro atoms. The lowest BCUT2D eigenvalue weighted by Crippen LogP contribution is -1.93. The molecule has 0 atom stereocenters. The SMILES string of the molecule is O=C(O)c1cc2cncnn2c1. The molecule has 0 aliphatic rings. The van der Waals surface area contributed by atoms with Crippen molar-refractivity contribution in [1.29, 1.82) is 0 Å². The molecular formula is C7H5N3O2. The number of hydrogen-bond donors (Lipinski definition) is 1. The van der Waals surface area contributed by atoms with Crippen molar-refractivity contribution in [3.63, 3.8) is 0 Å². The molecule has 5 heteroatoms. The summed E-state index contributed by atoms with van der Waals surface area (Å²) in [6.45, 7) is 0. The van der Waals surface area contributed by atoms with Gasteiger partial charge in [-0.2, -0.15) is 5.10 Å². The van der Waals surface area contributed by atoms with Crippen molar-refractivity contribution in [3.8, 4) is 0 Å². The molecule has 0 saturated carbocycles. The molecule has 0 bridgehead atoms. The predicted octanol–water partition coefficient (Wildman–Crippen LogP) is 0.427. The summed E-state index contributed by atoms with van der Waals surface area (Å²) in [4.78, 5) is 14.3. The lowest BCUT2D eigenvalue weighted by molar-refractivity contribution is 0.0697. The lowest BCUT2D eigenvalue weighted by Gasteiger charge is -1.86. The summed E-state index contributed by atoms with van der Waals surface area (Å²) in [5.74, 6) is -0.958. The van der Waals surface area contributed by atoms with Crippen molar-refractivity contribution in [1.82, 2.24) is 14.6 Å². The van der Waals surface area contributed by atoms with E-state index in [9.17, 15) is 4.79 Å². The maximum Gasteiger partial charge on any atom is 0.337 e. The van der Waals surface area contributed by atoms with E-state index in [1.165, 1.54) is 23.1 Å². The maximum atomic E-state index is 10.5. The van der Waals surface area contributed by atoms with E-state index in [0.29, 0.717) is 5.52 Å². The van der Waals surface area contributed by atoms with Crippen LogP contribution in [-0.2, 0) is 0 Å². The fourth-order valence-electron chi connectivity index (χ4n) is 0.978. The molecule has 0 unspecified atom stereocenters. The molecule has 0 aliphatic carbocycles. The third-order valence-electron chi connectivity index (χ3n) is 1.53. The summed E-state index contributed by atoms with van der Waals surface area (Å²) in [5.41, 5.74) is 0.894. The first-order valence-corrected chi connectivity index (χ1v) is 3.29. The van der Waals surface area contributed by atoms with Gasteiger partial charge in [-0.3, -0.25) is 0 Å². The van der Waals surface area contributed by atoms with E-state index in [1.54, 1.807) is 6.20 Å². The largest absolute Gasteiger partial charge is 0.478 e. The first kappa shape index (κ1) is 6.78. The van der Waals surface area contributed by atoms with Crippen LogP contribution in [0.3, 0.4) is 0 Å². The topological polar surface area (TPSA) is 67.5 Å². The molecule has 2 aromatic rings. The molecule has 0 aliphatic heterocycles. The Balaban J connectivity index is 2.70. The summed E-state index contributed by atoms with van der Waals surface area (Å²) in [6.07, 6.45) is 4.36. The van der Waals surface area contributed by atoms with Gasteiger partial charge in [0.25, 0.3) is 0 Å². The monoisotopic (exact) mass is 163 g/mol. The average Bonchev–Trinajstić information content (AvgIpc) is 2.46. The Labute approximate surface area is 67.3 Å². The van der Waals surface area contributed by atoms with Crippen LogP contribution in [-0.4, -0.2) is 25.7 Å². The number of fused-ring (bicyclic) bond motifs is 1. The van der Waals surface area contributed by atoms with Crippen molar-refractivity contribution in [2.45, 2.75) is 0 Å². The molecule has 0 amide bonds. The molecule has 2 heterocycles. The summed E-state index contributed by atoms with van der Waals surface area (Å²) in [6, 6.07) is 1.52. The zero-order valence-corrected chi connectivity index (χ0v) is 6.01. The first-order valence-electron chi connectivity index (χ1n) is 3.29. The zero-order valence-electron chi connectivity index (χ0n) is 6.01. The van der Waals surface area contributed by atoms with Crippen LogP contribution < -0.4 is 0 Å². The van der Waals surface area contributed by atoms with Crippen LogP contribution in [0.5, 0.6) is 0 Å². The van der Waals surface area contributed by atoms with Crippen molar-refractivity contribution in [2.24, 2.45) is 0 Å². The predicted molar refractivity (Wildman–Crippen MR) is 39.9 cm³/mol. The van der Waals surface area contributed by atoms with Gasteiger partial charge in [0.2, 0.25) is 0 Å². The molecule has 2 rings (SSSR count). The molecule has 60 valence electrons. The number of rotatable bonds is 1. The van der Waals surface area contributed by atoms with E-state index in [1.807, 2.05) is 0 Å². The van der Waals surface area contributed by atoms with Crippen LogP contribution in [0, 0.1) is 0 Å². The second-order valence-corrected chi connectivity index (χ2v) is 2.31. The van der Waals surface area contributed by atoms with Crippen LogP contribution in [0.1, 0.15) is 10.4 Å². The van der Waals surface area contributed by atoms with Gasteiger partial charge in [0.1, 0.15) is 6.33 Å². The molecule has 0 saturated heterocycles. The van der Waals surface area contributed by atoms with Crippen molar-refractivity contribution in [3.05, 3.63) is 30.4 Å².